The Bertz CT molecular complexity index is 553. The van der Waals surface area contributed by atoms with Gasteiger partial charge in [0.1, 0.15) is 18.5 Å². The number of terminal acetylenes is 1. The number of urea groups is 1. The number of halogens is 3. The van der Waals surface area contributed by atoms with Gasteiger partial charge in [-0.25, -0.2) is 4.79 Å². The number of carbonyl (C=O) groups is 1. The minimum Gasteiger partial charge on any atom is -0.491 e. The summed E-state index contributed by atoms with van der Waals surface area (Å²) in [6, 6.07) is 3.66. The Morgan fingerprint density at radius 1 is 1.43 bits per heavy atom. The maximum Gasteiger partial charge on any atom is 0.416 e. The van der Waals surface area contributed by atoms with Crippen molar-refractivity contribution in [1.29, 1.82) is 0 Å². The van der Waals surface area contributed by atoms with Crippen LogP contribution in [0, 0.1) is 12.3 Å². The fraction of sp³-hybridized carbons (Fsp3) is 0.400. The van der Waals surface area contributed by atoms with Crippen LogP contribution in [0.15, 0.2) is 24.3 Å². The SMILES string of the molecule is C#CCNC(=O)N(C)CC(O)COc1ccc(C(F)(F)F)cc1. The van der Waals surface area contributed by atoms with E-state index >= 15 is 0 Å². The van der Waals surface area contributed by atoms with Crippen molar-refractivity contribution in [3.8, 4) is 18.1 Å². The Morgan fingerprint density at radius 2 is 2.04 bits per heavy atom. The van der Waals surface area contributed by atoms with Crippen molar-refractivity contribution in [2.24, 2.45) is 0 Å². The molecule has 0 aliphatic rings. The Kier molecular flexibility index (Phi) is 6.72. The van der Waals surface area contributed by atoms with Crippen molar-refractivity contribution in [1.82, 2.24) is 10.2 Å². The molecule has 0 spiro atoms. The summed E-state index contributed by atoms with van der Waals surface area (Å²) in [5, 5.41) is 12.2. The lowest BCUT2D eigenvalue weighted by Gasteiger charge is -2.21. The number of amides is 2. The lowest BCUT2D eigenvalue weighted by Crippen LogP contribution is -2.42. The standard InChI is InChI=1S/C15H17F3N2O3/c1-3-8-19-14(22)20(2)9-12(21)10-23-13-6-4-11(5-7-13)15(16,17)18/h1,4-7,12,21H,8-10H2,2H3,(H,19,22). The monoisotopic (exact) mass is 330 g/mol. The third-order valence-corrected chi connectivity index (χ3v) is 2.80. The van der Waals surface area contributed by atoms with Crippen LogP contribution in [0.1, 0.15) is 5.56 Å². The van der Waals surface area contributed by atoms with E-state index in [1.807, 2.05) is 0 Å². The molecule has 0 bridgehead atoms. The molecule has 0 aliphatic heterocycles. The highest BCUT2D eigenvalue weighted by Crippen LogP contribution is 2.30. The number of hydrogen-bond acceptors (Lipinski definition) is 3. The van der Waals surface area contributed by atoms with E-state index in [1.165, 1.54) is 24.1 Å². The highest BCUT2D eigenvalue weighted by Gasteiger charge is 2.30. The van der Waals surface area contributed by atoms with Crippen molar-refractivity contribution in [2.45, 2.75) is 12.3 Å². The third-order valence-electron chi connectivity index (χ3n) is 2.80. The molecule has 2 amide bonds. The first kappa shape index (κ1) is 18.6. The molecule has 0 aliphatic carbocycles. The van der Waals surface area contributed by atoms with Gasteiger partial charge in [0, 0.05) is 7.05 Å². The summed E-state index contributed by atoms with van der Waals surface area (Å²) in [6.45, 7) is -0.115. The predicted molar refractivity (Wildman–Crippen MR) is 77.8 cm³/mol. The van der Waals surface area contributed by atoms with Crippen LogP contribution in [0.3, 0.4) is 0 Å². The van der Waals surface area contributed by atoms with Gasteiger partial charge in [0.15, 0.2) is 0 Å². The van der Waals surface area contributed by atoms with Gasteiger partial charge in [-0.3, -0.25) is 0 Å². The van der Waals surface area contributed by atoms with Gasteiger partial charge in [-0.05, 0) is 24.3 Å². The van der Waals surface area contributed by atoms with Crippen LogP contribution >= 0.6 is 0 Å². The summed E-state index contributed by atoms with van der Waals surface area (Å²) in [5.41, 5.74) is -0.782. The Labute approximate surface area is 132 Å². The first-order valence-electron chi connectivity index (χ1n) is 6.64. The normalized spacial score (nSPS) is 12.2. The molecule has 1 rings (SSSR count). The molecule has 0 radical (unpaired) electrons. The van der Waals surface area contributed by atoms with Crippen molar-refractivity contribution in [3.05, 3.63) is 29.8 Å². The van der Waals surface area contributed by atoms with Crippen molar-refractivity contribution in [3.63, 3.8) is 0 Å². The number of nitrogens with one attached hydrogen (secondary N) is 1. The van der Waals surface area contributed by atoms with E-state index in [4.69, 9.17) is 11.2 Å². The van der Waals surface area contributed by atoms with E-state index in [9.17, 15) is 23.1 Å². The lowest BCUT2D eigenvalue weighted by molar-refractivity contribution is -0.137. The van der Waals surface area contributed by atoms with Crippen molar-refractivity contribution >= 4 is 6.03 Å². The largest absolute Gasteiger partial charge is 0.491 e. The summed E-state index contributed by atoms with van der Waals surface area (Å²) in [4.78, 5) is 12.7. The van der Waals surface area contributed by atoms with Crippen LogP contribution in [0.4, 0.5) is 18.0 Å². The molecule has 0 saturated carbocycles. The number of alkyl halides is 3. The van der Waals surface area contributed by atoms with Gasteiger partial charge >= 0.3 is 12.2 Å². The second kappa shape index (κ2) is 8.29. The molecule has 0 aromatic heterocycles. The van der Waals surface area contributed by atoms with E-state index in [-0.39, 0.29) is 25.4 Å². The zero-order valence-electron chi connectivity index (χ0n) is 12.4. The predicted octanol–water partition coefficient (Wildman–Crippen LogP) is 1.72. The number of aliphatic hydroxyl groups is 1. The fourth-order valence-electron chi connectivity index (χ4n) is 1.65. The molecular weight excluding hydrogens is 313 g/mol. The number of hydrogen-bond donors (Lipinski definition) is 2. The van der Waals surface area contributed by atoms with Gasteiger partial charge < -0.3 is 20.1 Å². The van der Waals surface area contributed by atoms with Gasteiger partial charge in [-0.15, -0.1) is 6.42 Å². The second-order valence-corrected chi connectivity index (χ2v) is 4.73. The van der Waals surface area contributed by atoms with Crippen LogP contribution in [0.5, 0.6) is 5.75 Å². The third kappa shape index (κ3) is 6.48. The molecule has 126 valence electrons. The summed E-state index contributed by atoms with van der Waals surface area (Å²) < 4.78 is 42.4. The maximum absolute atomic E-state index is 12.4. The number of nitrogens with zero attached hydrogens (tertiary/aromatic N) is 1. The number of likely N-dealkylation sites (N-methyl/N-ethyl adjacent to an activating group) is 1. The Hall–Kier alpha value is -2.40. The summed E-state index contributed by atoms with van der Waals surface area (Å²) in [7, 11) is 1.47. The van der Waals surface area contributed by atoms with Crippen molar-refractivity contribution in [2.75, 3.05) is 26.7 Å². The minimum atomic E-state index is -4.41. The molecule has 1 aromatic carbocycles. The average molecular weight is 330 g/mol. The van der Waals surface area contributed by atoms with Gasteiger partial charge in [-0.1, -0.05) is 5.92 Å². The topological polar surface area (TPSA) is 61.8 Å². The van der Waals surface area contributed by atoms with E-state index in [2.05, 4.69) is 11.2 Å². The summed E-state index contributed by atoms with van der Waals surface area (Å²) >= 11 is 0. The van der Waals surface area contributed by atoms with Crippen molar-refractivity contribution < 1.29 is 27.8 Å². The molecule has 8 heteroatoms. The smallest absolute Gasteiger partial charge is 0.416 e. The van der Waals surface area contributed by atoms with Gasteiger partial charge in [0.05, 0.1) is 18.7 Å². The highest BCUT2D eigenvalue weighted by atomic mass is 19.4. The maximum atomic E-state index is 12.4. The molecule has 0 fully saturated rings. The first-order chi connectivity index (χ1) is 10.7. The Balaban J connectivity index is 2.42. The molecule has 5 nitrogen and oxygen atoms in total. The zero-order chi connectivity index (χ0) is 17.5. The summed E-state index contributed by atoms with van der Waals surface area (Å²) in [5.74, 6) is 2.43. The molecule has 0 saturated heterocycles. The van der Waals surface area contributed by atoms with E-state index in [1.54, 1.807) is 0 Å². The molecule has 1 atom stereocenters. The van der Waals surface area contributed by atoms with Crippen LogP contribution in [-0.2, 0) is 6.18 Å². The van der Waals surface area contributed by atoms with E-state index < -0.39 is 23.9 Å². The molecule has 23 heavy (non-hydrogen) atoms. The zero-order valence-corrected chi connectivity index (χ0v) is 12.4. The number of benzene rings is 1. The molecular formula is C15H17F3N2O3. The molecule has 1 aromatic rings. The van der Waals surface area contributed by atoms with E-state index in [0.29, 0.717) is 0 Å². The number of rotatable bonds is 6. The quantitative estimate of drug-likeness (QED) is 0.781. The summed E-state index contributed by atoms with van der Waals surface area (Å²) in [6.07, 6.45) is -0.407. The number of aliphatic hydroxyl groups excluding tert-OH is 1. The van der Waals surface area contributed by atoms with Gasteiger partial charge in [-0.2, -0.15) is 13.2 Å². The molecule has 2 N–H and O–H groups in total. The highest BCUT2D eigenvalue weighted by molar-refractivity contribution is 5.74. The number of ether oxygens (including phenoxy) is 1. The van der Waals surface area contributed by atoms with Gasteiger partial charge in [0.25, 0.3) is 0 Å². The number of carbonyl (C=O) groups excluding carboxylic acids is 1. The molecule has 1 unspecified atom stereocenters. The fourth-order valence-corrected chi connectivity index (χ4v) is 1.65. The van der Waals surface area contributed by atoms with Crippen LogP contribution in [0.25, 0.3) is 0 Å². The van der Waals surface area contributed by atoms with Crippen LogP contribution in [-0.4, -0.2) is 48.9 Å². The Morgan fingerprint density at radius 3 is 2.57 bits per heavy atom. The second-order valence-electron chi connectivity index (χ2n) is 4.73. The molecule has 0 heterocycles. The van der Waals surface area contributed by atoms with Crippen LogP contribution < -0.4 is 10.1 Å². The average Bonchev–Trinajstić information content (AvgIpc) is 2.50. The lowest BCUT2D eigenvalue weighted by atomic mass is 10.2. The van der Waals surface area contributed by atoms with Gasteiger partial charge in [0.2, 0.25) is 0 Å². The minimum absolute atomic E-state index is 0.0168. The first-order valence-corrected chi connectivity index (χ1v) is 6.64. The van der Waals surface area contributed by atoms with Crippen LogP contribution in [0.2, 0.25) is 0 Å². The van der Waals surface area contributed by atoms with E-state index in [0.717, 1.165) is 12.1 Å².